The lowest BCUT2D eigenvalue weighted by atomic mass is 9.85. The molecule has 2 aromatic carbocycles. The predicted molar refractivity (Wildman–Crippen MR) is 119 cm³/mol. The molecule has 1 amide bonds. The van der Waals surface area contributed by atoms with Crippen LogP contribution in [-0.2, 0) is 4.79 Å². The van der Waals surface area contributed by atoms with Crippen molar-refractivity contribution in [1.82, 2.24) is 25.5 Å². The summed E-state index contributed by atoms with van der Waals surface area (Å²) in [4.78, 5) is 16.8. The fourth-order valence-corrected chi connectivity index (χ4v) is 4.73. The van der Waals surface area contributed by atoms with Gasteiger partial charge in [-0.15, -0.1) is 5.10 Å². The molecule has 168 valence electrons. The largest absolute Gasteiger partial charge is 0.495 e. The molecule has 1 heterocycles. The van der Waals surface area contributed by atoms with Crippen LogP contribution in [0.2, 0.25) is 0 Å². The van der Waals surface area contributed by atoms with Gasteiger partial charge in [0.15, 0.2) is 5.82 Å². The van der Waals surface area contributed by atoms with Gasteiger partial charge in [-0.25, -0.2) is 9.49 Å². The van der Waals surface area contributed by atoms with E-state index in [1.165, 1.54) is 12.1 Å². The molecule has 1 fully saturated rings. The Balaban J connectivity index is 1.74. The Kier molecular flexibility index (Phi) is 6.07. The zero-order valence-electron chi connectivity index (χ0n) is 18.6. The van der Waals surface area contributed by atoms with Crippen molar-refractivity contribution in [1.29, 1.82) is 0 Å². The van der Waals surface area contributed by atoms with Gasteiger partial charge in [-0.2, -0.15) is 0 Å². The molecule has 0 saturated heterocycles. The number of tetrazole rings is 1. The number of rotatable bonds is 6. The second kappa shape index (κ2) is 8.94. The number of ether oxygens (including phenoxy) is 1. The smallest absolute Gasteiger partial charge is 0.225 e. The van der Waals surface area contributed by atoms with Crippen LogP contribution in [0, 0.1) is 11.7 Å². The minimum atomic E-state index is -0.290. The molecule has 1 saturated carbocycles. The van der Waals surface area contributed by atoms with Crippen LogP contribution >= 0.6 is 0 Å². The summed E-state index contributed by atoms with van der Waals surface area (Å²) in [6, 6.07) is 12.3. The monoisotopic (exact) mass is 438 g/mol. The predicted octanol–water partition coefficient (Wildman–Crippen LogP) is 3.10. The Hall–Kier alpha value is -3.49. The Labute approximate surface area is 186 Å². The molecule has 3 atom stereocenters. The van der Waals surface area contributed by atoms with E-state index >= 15 is 0 Å². The van der Waals surface area contributed by atoms with Gasteiger partial charge in [-0.1, -0.05) is 12.1 Å². The molecule has 3 aromatic rings. The molecule has 0 aliphatic heterocycles. The third-order valence-corrected chi connectivity index (χ3v) is 6.31. The first-order valence-corrected chi connectivity index (χ1v) is 10.5. The van der Waals surface area contributed by atoms with Crippen LogP contribution in [0.5, 0.6) is 5.75 Å². The molecule has 4 rings (SSSR count). The summed E-state index contributed by atoms with van der Waals surface area (Å²) in [6.45, 7) is 0. The average molecular weight is 439 g/mol. The highest BCUT2D eigenvalue weighted by molar-refractivity contribution is 5.80. The number of H-pyrrole nitrogens is 1. The van der Waals surface area contributed by atoms with E-state index in [1.807, 2.05) is 25.2 Å². The molecule has 0 radical (unpaired) electrons. The SMILES string of the molecule is COc1ccc(-c2nnn[nH]2)cc1N(C)[C@H]1CC[C@H](C(=O)N(C)C)[C@H]1c1ccc(F)cc1. The quantitative estimate of drug-likeness (QED) is 0.636. The highest BCUT2D eigenvalue weighted by Gasteiger charge is 2.44. The lowest BCUT2D eigenvalue weighted by molar-refractivity contribution is -0.133. The van der Waals surface area contributed by atoms with Crippen LogP contribution < -0.4 is 9.64 Å². The van der Waals surface area contributed by atoms with E-state index < -0.39 is 0 Å². The average Bonchev–Trinajstić information content (AvgIpc) is 3.48. The maximum atomic E-state index is 13.6. The van der Waals surface area contributed by atoms with E-state index in [0.717, 1.165) is 29.7 Å². The standard InChI is InChI=1S/C23H27FN6O2/c1-29(2)23(31)17-10-11-18(21(17)14-5-8-16(24)9-6-14)30(3)19-13-15(7-12-20(19)32-4)22-25-27-28-26-22/h5-9,12-13,17-18,21H,10-11H2,1-4H3,(H,25,26,27,28)/t17-,18-,21+/m0/s1. The number of carbonyl (C=O) groups is 1. The molecule has 1 N–H and O–H groups in total. The van der Waals surface area contributed by atoms with Crippen molar-refractivity contribution >= 4 is 11.6 Å². The number of methoxy groups -OCH3 is 1. The summed E-state index contributed by atoms with van der Waals surface area (Å²) in [7, 11) is 7.19. The Bertz CT molecular complexity index is 1070. The van der Waals surface area contributed by atoms with Crippen LogP contribution in [0.3, 0.4) is 0 Å². The number of amides is 1. The first kappa shape index (κ1) is 21.7. The molecule has 32 heavy (non-hydrogen) atoms. The summed E-state index contributed by atoms with van der Waals surface area (Å²) in [5.41, 5.74) is 2.65. The lowest BCUT2D eigenvalue weighted by Gasteiger charge is -2.35. The minimum Gasteiger partial charge on any atom is -0.495 e. The van der Waals surface area contributed by atoms with Crippen molar-refractivity contribution in [3.63, 3.8) is 0 Å². The van der Waals surface area contributed by atoms with E-state index in [9.17, 15) is 9.18 Å². The minimum absolute atomic E-state index is 0.0198. The summed E-state index contributed by atoms with van der Waals surface area (Å²) >= 11 is 0. The van der Waals surface area contributed by atoms with Gasteiger partial charge in [0.2, 0.25) is 5.91 Å². The summed E-state index contributed by atoms with van der Waals surface area (Å²) < 4.78 is 19.3. The first-order chi connectivity index (χ1) is 15.4. The molecule has 8 nitrogen and oxygen atoms in total. The first-order valence-electron chi connectivity index (χ1n) is 10.5. The number of benzene rings is 2. The van der Waals surface area contributed by atoms with E-state index in [-0.39, 0.29) is 29.6 Å². The maximum absolute atomic E-state index is 13.6. The van der Waals surface area contributed by atoms with Gasteiger partial charge in [0.05, 0.1) is 12.8 Å². The van der Waals surface area contributed by atoms with Crippen LogP contribution in [-0.4, -0.2) is 65.7 Å². The van der Waals surface area contributed by atoms with Crippen molar-refractivity contribution in [3.8, 4) is 17.1 Å². The molecular formula is C23H27FN6O2. The van der Waals surface area contributed by atoms with Gasteiger partial charge in [0.25, 0.3) is 0 Å². The zero-order chi connectivity index (χ0) is 22.8. The normalized spacial score (nSPS) is 20.2. The van der Waals surface area contributed by atoms with Crippen molar-refractivity contribution in [2.45, 2.75) is 24.8 Å². The van der Waals surface area contributed by atoms with Gasteiger partial charge in [-0.3, -0.25) is 4.79 Å². The number of nitrogens with zero attached hydrogens (tertiary/aromatic N) is 5. The van der Waals surface area contributed by atoms with Crippen molar-refractivity contribution in [3.05, 3.63) is 53.8 Å². The van der Waals surface area contributed by atoms with E-state index in [4.69, 9.17) is 4.74 Å². The van der Waals surface area contributed by atoms with Crippen molar-refractivity contribution < 1.29 is 13.9 Å². The number of likely N-dealkylation sites (N-methyl/N-ethyl adjacent to an activating group) is 1. The molecule has 0 unspecified atom stereocenters. The van der Waals surface area contributed by atoms with Crippen LogP contribution in [0.4, 0.5) is 10.1 Å². The number of anilines is 1. The number of aromatic amines is 1. The maximum Gasteiger partial charge on any atom is 0.225 e. The molecule has 0 bridgehead atoms. The van der Waals surface area contributed by atoms with Gasteiger partial charge in [0.1, 0.15) is 11.6 Å². The molecule has 1 aliphatic carbocycles. The molecule has 0 spiro atoms. The van der Waals surface area contributed by atoms with Crippen LogP contribution in [0.15, 0.2) is 42.5 Å². The molecule has 1 aliphatic rings. The van der Waals surface area contributed by atoms with E-state index in [0.29, 0.717) is 11.6 Å². The van der Waals surface area contributed by atoms with Gasteiger partial charge < -0.3 is 14.5 Å². The van der Waals surface area contributed by atoms with Crippen LogP contribution in [0.1, 0.15) is 24.3 Å². The fraction of sp³-hybridized carbons (Fsp3) is 0.391. The second-order valence-electron chi connectivity index (χ2n) is 8.31. The number of carbonyl (C=O) groups excluding carboxylic acids is 1. The number of halogens is 1. The van der Waals surface area contributed by atoms with Crippen molar-refractivity contribution in [2.75, 3.05) is 33.2 Å². The highest BCUT2D eigenvalue weighted by Crippen LogP contribution is 2.46. The third-order valence-electron chi connectivity index (χ3n) is 6.31. The number of nitrogens with one attached hydrogen (secondary N) is 1. The molecule has 1 aromatic heterocycles. The van der Waals surface area contributed by atoms with Gasteiger partial charge in [0, 0.05) is 44.6 Å². The van der Waals surface area contributed by atoms with E-state index in [2.05, 4.69) is 25.5 Å². The highest BCUT2D eigenvalue weighted by atomic mass is 19.1. The summed E-state index contributed by atoms with van der Waals surface area (Å²) in [5.74, 6) is 0.797. The summed E-state index contributed by atoms with van der Waals surface area (Å²) in [6.07, 6.45) is 1.57. The van der Waals surface area contributed by atoms with Gasteiger partial charge in [-0.05, 0) is 59.2 Å². The summed E-state index contributed by atoms with van der Waals surface area (Å²) in [5, 5.41) is 14.1. The Morgan fingerprint density at radius 3 is 2.50 bits per heavy atom. The van der Waals surface area contributed by atoms with Crippen molar-refractivity contribution in [2.24, 2.45) is 5.92 Å². The number of hydrogen-bond acceptors (Lipinski definition) is 6. The number of hydrogen-bond donors (Lipinski definition) is 1. The topological polar surface area (TPSA) is 87.2 Å². The number of aromatic nitrogens is 4. The molecule has 9 heteroatoms. The second-order valence-corrected chi connectivity index (χ2v) is 8.31. The fourth-order valence-electron chi connectivity index (χ4n) is 4.73. The van der Waals surface area contributed by atoms with Crippen LogP contribution in [0.25, 0.3) is 11.4 Å². The third kappa shape index (κ3) is 4.02. The van der Waals surface area contributed by atoms with Gasteiger partial charge >= 0.3 is 0 Å². The Morgan fingerprint density at radius 1 is 1.12 bits per heavy atom. The zero-order valence-corrected chi connectivity index (χ0v) is 18.6. The molecular weight excluding hydrogens is 411 g/mol. The van der Waals surface area contributed by atoms with E-state index in [1.54, 1.807) is 38.2 Å². The lowest BCUT2D eigenvalue weighted by Crippen LogP contribution is -2.39. The Morgan fingerprint density at radius 2 is 1.88 bits per heavy atom.